The number of nitriles is 1. The molecule has 1 atom stereocenters. The lowest BCUT2D eigenvalue weighted by Crippen LogP contribution is -2.40. The maximum Gasteiger partial charge on any atom is 0.411 e. The molecule has 116 valence electrons. The summed E-state index contributed by atoms with van der Waals surface area (Å²) < 4.78 is 5.47. The van der Waals surface area contributed by atoms with Gasteiger partial charge in [0, 0.05) is 6.54 Å². The number of carbonyl (C=O) groups excluding carboxylic acids is 1. The fourth-order valence-corrected chi connectivity index (χ4v) is 3.71. The third-order valence-corrected chi connectivity index (χ3v) is 4.53. The second kappa shape index (κ2) is 5.01. The average Bonchev–Trinajstić information content (AvgIpc) is 2.96. The first kappa shape index (κ1) is 14.9. The molecule has 1 aliphatic carbocycles. The van der Waals surface area contributed by atoms with Crippen molar-refractivity contribution in [3.05, 3.63) is 35.4 Å². The number of likely N-dealkylation sites (tertiary alicyclic amines) is 1. The third-order valence-electron chi connectivity index (χ3n) is 4.53. The molecule has 0 N–H and O–H groups in total. The molecular weight excluding hydrogens is 276 g/mol. The Hall–Kier alpha value is -2.02. The van der Waals surface area contributed by atoms with E-state index >= 15 is 0 Å². The fraction of sp³-hybridized carbons (Fsp3) is 0.556. The Bertz CT molecular complexity index is 614. The van der Waals surface area contributed by atoms with E-state index in [1.807, 2.05) is 20.8 Å². The largest absolute Gasteiger partial charge is 0.444 e. The highest BCUT2D eigenvalue weighted by Gasteiger charge is 2.49. The van der Waals surface area contributed by atoms with Gasteiger partial charge in [0.05, 0.1) is 6.07 Å². The Morgan fingerprint density at radius 2 is 1.91 bits per heavy atom. The van der Waals surface area contributed by atoms with Gasteiger partial charge in [0.25, 0.3) is 0 Å². The molecule has 2 aliphatic rings. The molecule has 4 heteroatoms. The zero-order valence-corrected chi connectivity index (χ0v) is 13.4. The van der Waals surface area contributed by atoms with Crippen molar-refractivity contribution in [2.45, 2.75) is 51.7 Å². The van der Waals surface area contributed by atoms with Gasteiger partial charge in [-0.05, 0) is 56.6 Å². The molecule has 1 saturated heterocycles. The van der Waals surface area contributed by atoms with Gasteiger partial charge in [0.1, 0.15) is 11.6 Å². The van der Waals surface area contributed by atoms with Crippen molar-refractivity contribution < 1.29 is 9.53 Å². The van der Waals surface area contributed by atoms with Gasteiger partial charge in [-0.1, -0.05) is 24.3 Å². The second-order valence-corrected chi connectivity index (χ2v) is 7.58. The number of fused-ring (bicyclic) bond motifs is 1. The van der Waals surface area contributed by atoms with Crippen molar-refractivity contribution in [1.82, 2.24) is 4.90 Å². The van der Waals surface area contributed by atoms with Crippen molar-refractivity contribution in [2.24, 2.45) is 5.41 Å². The molecule has 0 saturated carbocycles. The lowest BCUT2D eigenvalue weighted by Gasteiger charge is -2.27. The second-order valence-electron chi connectivity index (χ2n) is 7.58. The van der Waals surface area contributed by atoms with Crippen LogP contribution >= 0.6 is 0 Å². The Labute approximate surface area is 131 Å². The summed E-state index contributed by atoms with van der Waals surface area (Å²) >= 11 is 0. The van der Waals surface area contributed by atoms with E-state index in [-0.39, 0.29) is 17.6 Å². The van der Waals surface area contributed by atoms with E-state index in [0.717, 1.165) is 19.3 Å². The standard InChI is InChI=1S/C18H22N2O2/c1-17(2,3)22-16(21)20-12-18(10-15(20)11-19)8-13-6-4-5-7-14(13)9-18/h4-7,15H,8-10,12H2,1-3H3/t15-/m0/s1. The van der Waals surface area contributed by atoms with Crippen LogP contribution in [0.15, 0.2) is 24.3 Å². The van der Waals surface area contributed by atoms with Crippen LogP contribution in [0.25, 0.3) is 0 Å². The van der Waals surface area contributed by atoms with Crippen molar-refractivity contribution in [2.75, 3.05) is 6.54 Å². The molecule has 1 amide bonds. The normalized spacial score (nSPS) is 22.5. The van der Waals surface area contributed by atoms with Gasteiger partial charge in [-0.25, -0.2) is 4.79 Å². The first-order chi connectivity index (χ1) is 10.3. The first-order valence-electron chi connectivity index (χ1n) is 7.78. The number of ether oxygens (including phenoxy) is 1. The highest BCUT2D eigenvalue weighted by molar-refractivity contribution is 5.70. The van der Waals surface area contributed by atoms with Crippen LogP contribution in [-0.2, 0) is 17.6 Å². The molecule has 4 nitrogen and oxygen atoms in total. The molecule has 3 rings (SSSR count). The van der Waals surface area contributed by atoms with E-state index in [1.54, 1.807) is 4.90 Å². The molecular formula is C18H22N2O2. The molecule has 1 fully saturated rings. The van der Waals surface area contributed by atoms with Crippen LogP contribution in [0.5, 0.6) is 0 Å². The minimum Gasteiger partial charge on any atom is -0.444 e. The maximum atomic E-state index is 12.4. The van der Waals surface area contributed by atoms with Crippen LogP contribution in [-0.4, -0.2) is 29.2 Å². The summed E-state index contributed by atoms with van der Waals surface area (Å²) in [5, 5.41) is 9.44. The van der Waals surface area contributed by atoms with Gasteiger partial charge in [-0.15, -0.1) is 0 Å². The van der Waals surface area contributed by atoms with Crippen LogP contribution in [0.4, 0.5) is 4.79 Å². The predicted molar refractivity (Wildman–Crippen MR) is 83.2 cm³/mol. The van der Waals surface area contributed by atoms with Crippen LogP contribution in [0, 0.1) is 16.7 Å². The van der Waals surface area contributed by atoms with E-state index in [1.165, 1.54) is 11.1 Å². The highest BCUT2D eigenvalue weighted by Crippen LogP contribution is 2.46. The Kier molecular flexibility index (Phi) is 3.40. The van der Waals surface area contributed by atoms with Crippen LogP contribution in [0.2, 0.25) is 0 Å². The van der Waals surface area contributed by atoms with Gasteiger partial charge < -0.3 is 4.74 Å². The topological polar surface area (TPSA) is 53.3 Å². The molecule has 1 heterocycles. The zero-order chi connectivity index (χ0) is 16.0. The number of rotatable bonds is 0. The highest BCUT2D eigenvalue weighted by atomic mass is 16.6. The first-order valence-corrected chi connectivity index (χ1v) is 7.78. The van der Waals surface area contributed by atoms with Crippen molar-refractivity contribution in [3.63, 3.8) is 0 Å². The molecule has 1 aromatic carbocycles. The Morgan fingerprint density at radius 1 is 1.32 bits per heavy atom. The predicted octanol–water partition coefficient (Wildman–Crippen LogP) is 3.30. The van der Waals surface area contributed by atoms with Crippen LogP contribution in [0.1, 0.15) is 38.3 Å². The van der Waals surface area contributed by atoms with E-state index in [2.05, 4.69) is 30.3 Å². The van der Waals surface area contributed by atoms with Crippen molar-refractivity contribution in [3.8, 4) is 6.07 Å². The van der Waals surface area contributed by atoms with Gasteiger partial charge >= 0.3 is 6.09 Å². The average molecular weight is 298 g/mol. The Balaban J connectivity index is 1.79. The van der Waals surface area contributed by atoms with E-state index in [0.29, 0.717) is 6.54 Å². The molecule has 0 aromatic heterocycles. The number of amides is 1. The van der Waals surface area contributed by atoms with Gasteiger partial charge in [-0.3, -0.25) is 4.90 Å². The minimum absolute atomic E-state index is 0.000980. The van der Waals surface area contributed by atoms with Gasteiger partial charge in [0.15, 0.2) is 0 Å². The van der Waals surface area contributed by atoms with Crippen LogP contribution in [0.3, 0.4) is 0 Å². The minimum atomic E-state index is -0.536. The molecule has 1 aromatic rings. The summed E-state index contributed by atoms with van der Waals surface area (Å²) in [6, 6.07) is 10.3. The number of benzene rings is 1. The summed E-state index contributed by atoms with van der Waals surface area (Å²) in [6.07, 6.45) is 2.26. The van der Waals surface area contributed by atoms with Gasteiger partial charge in [0.2, 0.25) is 0 Å². The number of hydrogen-bond donors (Lipinski definition) is 0. The molecule has 1 spiro atoms. The SMILES string of the molecule is CC(C)(C)OC(=O)N1CC2(Cc3ccccc3C2)C[C@H]1C#N. The summed E-state index contributed by atoms with van der Waals surface area (Å²) in [7, 11) is 0. The summed E-state index contributed by atoms with van der Waals surface area (Å²) in [4.78, 5) is 14.0. The zero-order valence-electron chi connectivity index (χ0n) is 13.4. The summed E-state index contributed by atoms with van der Waals surface area (Å²) in [6.45, 7) is 6.16. The molecule has 0 radical (unpaired) electrons. The van der Waals surface area contributed by atoms with Gasteiger partial charge in [-0.2, -0.15) is 5.26 Å². The van der Waals surface area contributed by atoms with E-state index in [4.69, 9.17) is 4.74 Å². The fourth-order valence-electron chi connectivity index (χ4n) is 3.71. The number of nitrogens with zero attached hydrogens (tertiary/aromatic N) is 2. The van der Waals surface area contributed by atoms with E-state index < -0.39 is 5.60 Å². The van der Waals surface area contributed by atoms with Crippen molar-refractivity contribution in [1.29, 1.82) is 5.26 Å². The summed E-state index contributed by atoms with van der Waals surface area (Å²) in [5.74, 6) is 0. The molecule has 22 heavy (non-hydrogen) atoms. The smallest absolute Gasteiger partial charge is 0.411 e. The quantitative estimate of drug-likeness (QED) is 0.738. The molecule has 0 unspecified atom stereocenters. The lowest BCUT2D eigenvalue weighted by molar-refractivity contribution is 0.0242. The number of hydrogen-bond acceptors (Lipinski definition) is 3. The number of carbonyl (C=O) groups is 1. The Morgan fingerprint density at radius 3 is 2.41 bits per heavy atom. The molecule has 0 bridgehead atoms. The third kappa shape index (κ3) is 2.68. The van der Waals surface area contributed by atoms with Crippen molar-refractivity contribution >= 4 is 6.09 Å². The molecule has 1 aliphatic heterocycles. The van der Waals surface area contributed by atoms with Crippen LogP contribution < -0.4 is 0 Å². The monoisotopic (exact) mass is 298 g/mol. The summed E-state index contributed by atoms with van der Waals surface area (Å²) in [5.41, 5.74) is 2.17. The lowest BCUT2D eigenvalue weighted by atomic mass is 9.82. The maximum absolute atomic E-state index is 12.4. The van der Waals surface area contributed by atoms with E-state index in [9.17, 15) is 10.1 Å².